The van der Waals surface area contributed by atoms with Gasteiger partial charge >= 0.3 is 11.9 Å². The van der Waals surface area contributed by atoms with Gasteiger partial charge in [0.2, 0.25) is 0 Å². The minimum Gasteiger partial charge on any atom is -0.493 e. The number of hydrogen-bond acceptors (Lipinski definition) is 5. The molecule has 2 aromatic carbocycles. The molecular weight excluding hydrogens is 446 g/mol. The van der Waals surface area contributed by atoms with Gasteiger partial charge in [0.05, 0.1) is 41.0 Å². The molecule has 3 rings (SSSR count). The van der Waals surface area contributed by atoms with Crippen molar-refractivity contribution in [1.29, 1.82) is 0 Å². The first-order valence-electron chi connectivity index (χ1n) is 11.9. The molecule has 1 aliphatic heterocycles. The Bertz CT molecular complexity index is 1110. The van der Waals surface area contributed by atoms with Crippen LogP contribution in [0.25, 0.3) is 0 Å². The number of likely N-dealkylation sites (N-methyl/N-ethyl adjacent to an activating group) is 1. The summed E-state index contributed by atoms with van der Waals surface area (Å²) in [7, 11) is 5.56. The van der Waals surface area contributed by atoms with Crippen LogP contribution in [0.15, 0.2) is 42.5 Å². The van der Waals surface area contributed by atoms with E-state index in [1.54, 1.807) is 14.2 Å². The third-order valence-corrected chi connectivity index (χ3v) is 7.06. The molecule has 0 bridgehead atoms. The number of ether oxygens (including phenoxy) is 3. The molecule has 0 aromatic heterocycles. The summed E-state index contributed by atoms with van der Waals surface area (Å²) in [5.41, 5.74) is 6.55. The van der Waals surface area contributed by atoms with Gasteiger partial charge in [-0.2, -0.15) is 0 Å². The molecule has 7 nitrogen and oxygen atoms in total. The van der Waals surface area contributed by atoms with Crippen molar-refractivity contribution < 1.29 is 33.4 Å². The van der Waals surface area contributed by atoms with E-state index in [9.17, 15) is 9.59 Å². The zero-order valence-electron chi connectivity index (χ0n) is 21.3. The van der Waals surface area contributed by atoms with Crippen LogP contribution < -0.4 is 9.47 Å². The van der Waals surface area contributed by atoms with Crippen LogP contribution in [0.3, 0.4) is 0 Å². The van der Waals surface area contributed by atoms with Crippen molar-refractivity contribution in [3.05, 3.63) is 70.3 Å². The van der Waals surface area contributed by atoms with Crippen molar-refractivity contribution in [2.45, 2.75) is 39.2 Å². The minimum absolute atomic E-state index is 0.235. The lowest BCUT2D eigenvalue weighted by molar-refractivity contribution is -0.941. The van der Waals surface area contributed by atoms with E-state index in [0.29, 0.717) is 12.2 Å². The van der Waals surface area contributed by atoms with Crippen LogP contribution in [-0.4, -0.2) is 62.5 Å². The molecule has 0 aliphatic carbocycles. The Morgan fingerprint density at radius 1 is 1.06 bits per heavy atom. The maximum Gasteiger partial charge on any atom is 0.331 e. The number of aliphatic carboxylic acids is 1. The molecule has 0 unspecified atom stereocenters. The SMILES string of the molecule is COc1ccc(C[C@@H]2c3cc(C)c(C)cc3CC[N@@+]2(C)CCCOC(=O)/C=C\C(=O)O)cc1OC. The molecule has 1 N–H and O–H groups in total. The lowest BCUT2D eigenvalue weighted by Crippen LogP contribution is -2.52. The third-order valence-electron chi connectivity index (χ3n) is 7.06. The number of carboxylic acid groups (broad SMARTS) is 1. The summed E-state index contributed by atoms with van der Waals surface area (Å²) in [6.45, 7) is 6.39. The Labute approximate surface area is 207 Å². The van der Waals surface area contributed by atoms with Crippen molar-refractivity contribution in [1.82, 2.24) is 0 Å². The number of esters is 1. The van der Waals surface area contributed by atoms with Gasteiger partial charge in [0.1, 0.15) is 6.04 Å². The van der Waals surface area contributed by atoms with Gasteiger partial charge in [0.15, 0.2) is 11.5 Å². The normalized spacial score (nSPS) is 19.3. The molecule has 0 spiro atoms. The molecule has 0 saturated heterocycles. The molecule has 2 atom stereocenters. The third kappa shape index (κ3) is 6.42. The number of aryl methyl sites for hydroxylation is 2. The fourth-order valence-electron chi connectivity index (χ4n) is 4.91. The number of nitrogens with zero attached hydrogens (tertiary/aromatic N) is 1. The van der Waals surface area contributed by atoms with E-state index in [1.165, 1.54) is 27.8 Å². The number of hydrogen-bond donors (Lipinski definition) is 1. The molecule has 35 heavy (non-hydrogen) atoms. The quantitative estimate of drug-likeness (QED) is 0.237. The number of quaternary nitrogens is 1. The molecule has 0 radical (unpaired) electrons. The first-order valence-corrected chi connectivity index (χ1v) is 11.9. The maximum absolute atomic E-state index is 11.7. The smallest absolute Gasteiger partial charge is 0.331 e. The molecule has 1 aliphatic rings. The molecule has 2 aromatic rings. The summed E-state index contributed by atoms with van der Waals surface area (Å²) in [5, 5.41) is 8.66. The topological polar surface area (TPSA) is 82.1 Å². The van der Waals surface area contributed by atoms with E-state index in [0.717, 1.165) is 48.3 Å². The van der Waals surface area contributed by atoms with Crippen molar-refractivity contribution in [2.75, 3.05) is 41.0 Å². The van der Waals surface area contributed by atoms with Crippen LogP contribution in [-0.2, 0) is 27.2 Å². The summed E-state index contributed by atoms with van der Waals surface area (Å²) < 4.78 is 17.0. The fourth-order valence-corrected chi connectivity index (χ4v) is 4.91. The standard InChI is InChI=1S/C28H35NO6/c1-19-15-22-11-13-29(3,12-6-14-35-28(32)10-9-27(30)31)24(23(22)16-20(19)2)17-21-7-8-25(33-4)26(18-21)34-5/h7-10,15-16,18,24H,6,11-14,17H2,1-5H3/p+1/b10-9-/t24-,29-/m1/s1. The van der Waals surface area contributed by atoms with E-state index < -0.39 is 11.9 Å². The predicted molar refractivity (Wildman–Crippen MR) is 134 cm³/mol. The van der Waals surface area contributed by atoms with Crippen molar-refractivity contribution in [3.63, 3.8) is 0 Å². The fraction of sp³-hybridized carbons (Fsp3) is 0.429. The summed E-state index contributed by atoms with van der Waals surface area (Å²) in [5.74, 6) is -0.373. The Morgan fingerprint density at radius 3 is 2.46 bits per heavy atom. The summed E-state index contributed by atoms with van der Waals surface area (Å²) >= 11 is 0. The Morgan fingerprint density at radius 2 is 1.77 bits per heavy atom. The van der Waals surface area contributed by atoms with E-state index in [-0.39, 0.29) is 12.6 Å². The van der Waals surface area contributed by atoms with Crippen LogP contribution in [0, 0.1) is 13.8 Å². The molecule has 0 saturated carbocycles. The van der Waals surface area contributed by atoms with E-state index in [4.69, 9.17) is 19.3 Å². The lowest BCUT2D eigenvalue weighted by Gasteiger charge is -2.46. The summed E-state index contributed by atoms with van der Waals surface area (Å²) in [6.07, 6.45) is 4.26. The van der Waals surface area contributed by atoms with Gasteiger partial charge in [-0.15, -0.1) is 0 Å². The number of carboxylic acids is 1. The summed E-state index contributed by atoms with van der Waals surface area (Å²) in [6, 6.07) is 11.0. The van der Waals surface area contributed by atoms with E-state index >= 15 is 0 Å². The largest absolute Gasteiger partial charge is 0.493 e. The van der Waals surface area contributed by atoms with Crippen LogP contribution in [0.2, 0.25) is 0 Å². The van der Waals surface area contributed by atoms with Crippen LogP contribution in [0.1, 0.15) is 40.3 Å². The second-order valence-corrected chi connectivity index (χ2v) is 9.41. The number of carbonyl (C=O) groups excluding carboxylic acids is 1. The molecule has 188 valence electrons. The number of benzene rings is 2. The average molecular weight is 483 g/mol. The zero-order valence-corrected chi connectivity index (χ0v) is 21.3. The van der Waals surface area contributed by atoms with Crippen LogP contribution >= 0.6 is 0 Å². The highest BCUT2D eigenvalue weighted by atomic mass is 16.5. The second kappa shape index (κ2) is 11.4. The van der Waals surface area contributed by atoms with Crippen molar-refractivity contribution in [3.8, 4) is 11.5 Å². The summed E-state index contributed by atoms with van der Waals surface area (Å²) in [4.78, 5) is 22.3. The Balaban J connectivity index is 1.83. The van der Waals surface area contributed by atoms with Gasteiger partial charge < -0.3 is 23.8 Å². The van der Waals surface area contributed by atoms with Crippen LogP contribution in [0.4, 0.5) is 0 Å². The van der Waals surface area contributed by atoms with Gasteiger partial charge in [0, 0.05) is 37.0 Å². The first kappa shape index (κ1) is 26.3. The van der Waals surface area contributed by atoms with Crippen LogP contribution in [0.5, 0.6) is 11.5 Å². The number of fused-ring (bicyclic) bond motifs is 1. The number of methoxy groups -OCH3 is 2. The highest BCUT2D eigenvalue weighted by Gasteiger charge is 2.39. The zero-order chi connectivity index (χ0) is 25.6. The average Bonchev–Trinajstić information content (AvgIpc) is 2.83. The van der Waals surface area contributed by atoms with Gasteiger partial charge in [0.25, 0.3) is 0 Å². The van der Waals surface area contributed by atoms with Gasteiger partial charge in [-0.3, -0.25) is 0 Å². The van der Waals surface area contributed by atoms with Gasteiger partial charge in [-0.05, 0) is 54.3 Å². The molecule has 1 heterocycles. The number of carbonyl (C=O) groups is 2. The van der Waals surface area contributed by atoms with E-state index in [2.05, 4.69) is 45.2 Å². The maximum atomic E-state index is 11.7. The molecule has 0 fully saturated rings. The monoisotopic (exact) mass is 482 g/mol. The Kier molecular flexibility index (Phi) is 8.57. The van der Waals surface area contributed by atoms with Crippen molar-refractivity contribution >= 4 is 11.9 Å². The van der Waals surface area contributed by atoms with Gasteiger partial charge in [-0.25, -0.2) is 9.59 Å². The highest BCUT2D eigenvalue weighted by molar-refractivity contribution is 5.90. The second-order valence-electron chi connectivity index (χ2n) is 9.41. The van der Waals surface area contributed by atoms with Crippen molar-refractivity contribution in [2.24, 2.45) is 0 Å². The molecule has 0 amide bonds. The van der Waals surface area contributed by atoms with Gasteiger partial charge in [-0.1, -0.05) is 12.1 Å². The minimum atomic E-state index is -1.17. The first-order chi connectivity index (χ1) is 16.7. The van der Waals surface area contributed by atoms with E-state index in [1.807, 2.05) is 6.07 Å². The number of rotatable bonds is 10. The lowest BCUT2D eigenvalue weighted by atomic mass is 9.84. The molecular formula is C28H36NO6+. The highest BCUT2D eigenvalue weighted by Crippen LogP contribution is 2.40. The molecule has 7 heteroatoms. The predicted octanol–water partition coefficient (Wildman–Crippen LogP) is 4.18. The Hall–Kier alpha value is -3.32.